The molecule has 1 aliphatic rings. The molecule has 1 heterocycles. The van der Waals surface area contributed by atoms with Gasteiger partial charge in [-0.3, -0.25) is 4.79 Å². The topological polar surface area (TPSA) is 45.2 Å². The van der Waals surface area contributed by atoms with E-state index < -0.39 is 0 Å². The van der Waals surface area contributed by atoms with Gasteiger partial charge in [-0.25, -0.2) is 4.98 Å². The number of aromatic nitrogens is 1. The van der Waals surface area contributed by atoms with Gasteiger partial charge in [0, 0.05) is 18.6 Å². The molecule has 0 atom stereocenters. The Morgan fingerprint density at radius 1 is 1.33 bits per heavy atom. The second kappa shape index (κ2) is 7.43. The van der Waals surface area contributed by atoms with Gasteiger partial charge in [0.25, 0.3) is 5.91 Å². The van der Waals surface area contributed by atoms with Gasteiger partial charge in [-0.15, -0.1) is 0 Å². The minimum atomic E-state index is 0.0665. The second-order valence-corrected chi connectivity index (χ2v) is 6.09. The van der Waals surface area contributed by atoms with E-state index in [-0.39, 0.29) is 5.91 Å². The number of hydrogen-bond donors (Lipinski definition) is 1. The minimum Gasteiger partial charge on any atom is -0.368 e. The number of pyridine rings is 1. The highest BCUT2D eigenvalue weighted by Crippen LogP contribution is 2.23. The number of hydrogen-bond acceptors (Lipinski definition) is 3. The predicted molar refractivity (Wildman–Crippen MR) is 86.6 cm³/mol. The molecule has 0 bridgehead atoms. The quantitative estimate of drug-likeness (QED) is 0.899. The molecule has 0 aromatic carbocycles. The van der Waals surface area contributed by atoms with Crippen LogP contribution in [-0.2, 0) is 0 Å². The summed E-state index contributed by atoms with van der Waals surface area (Å²) >= 11 is 0. The van der Waals surface area contributed by atoms with Crippen molar-refractivity contribution in [2.24, 2.45) is 0 Å². The largest absolute Gasteiger partial charge is 0.368 e. The van der Waals surface area contributed by atoms with Crippen molar-refractivity contribution in [2.75, 3.05) is 11.9 Å². The van der Waals surface area contributed by atoms with E-state index in [9.17, 15) is 4.79 Å². The average Bonchev–Trinajstić information content (AvgIpc) is 2.48. The predicted octanol–water partition coefficient (Wildman–Crippen LogP) is 3.70. The van der Waals surface area contributed by atoms with E-state index in [0.717, 1.165) is 25.2 Å². The fourth-order valence-electron chi connectivity index (χ4n) is 3.04. The molecule has 4 nitrogen and oxygen atoms in total. The number of rotatable bonds is 5. The van der Waals surface area contributed by atoms with Crippen molar-refractivity contribution < 1.29 is 4.79 Å². The molecule has 4 heteroatoms. The third kappa shape index (κ3) is 4.19. The van der Waals surface area contributed by atoms with E-state index in [4.69, 9.17) is 0 Å². The Morgan fingerprint density at radius 2 is 2.05 bits per heavy atom. The van der Waals surface area contributed by atoms with Gasteiger partial charge < -0.3 is 10.2 Å². The van der Waals surface area contributed by atoms with Gasteiger partial charge in [0.2, 0.25) is 0 Å². The van der Waals surface area contributed by atoms with E-state index in [1.54, 1.807) is 0 Å². The van der Waals surface area contributed by atoms with Gasteiger partial charge >= 0.3 is 0 Å². The third-order valence-electron chi connectivity index (χ3n) is 4.02. The average molecular weight is 289 g/mol. The van der Waals surface area contributed by atoms with Crippen LogP contribution >= 0.6 is 0 Å². The summed E-state index contributed by atoms with van der Waals surface area (Å²) in [4.78, 5) is 19.2. The lowest BCUT2D eigenvalue weighted by Gasteiger charge is -2.33. The summed E-state index contributed by atoms with van der Waals surface area (Å²) < 4.78 is 0. The zero-order valence-corrected chi connectivity index (χ0v) is 13.4. The van der Waals surface area contributed by atoms with Crippen LogP contribution in [0.2, 0.25) is 0 Å². The first-order valence-electron chi connectivity index (χ1n) is 8.16. The van der Waals surface area contributed by atoms with E-state index >= 15 is 0 Å². The van der Waals surface area contributed by atoms with Crippen LogP contribution in [0.5, 0.6) is 0 Å². The molecule has 116 valence electrons. The second-order valence-electron chi connectivity index (χ2n) is 6.09. The molecule has 1 N–H and O–H groups in total. The Morgan fingerprint density at radius 3 is 2.67 bits per heavy atom. The Balaban J connectivity index is 2.13. The molecule has 21 heavy (non-hydrogen) atoms. The van der Waals surface area contributed by atoms with Gasteiger partial charge in [0.15, 0.2) is 0 Å². The summed E-state index contributed by atoms with van der Waals surface area (Å²) in [5.41, 5.74) is 0.549. The molecule has 1 aliphatic carbocycles. The maximum Gasteiger partial charge on any atom is 0.272 e. The van der Waals surface area contributed by atoms with Crippen molar-refractivity contribution >= 4 is 11.7 Å². The van der Waals surface area contributed by atoms with Crippen LogP contribution in [0, 0.1) is 0 Å². The normalized spacial score (nSPS) is 16.0. The van der Waals surface area contributed by atoms with Crippen molar-refractivity contribution in [3.63, 3.8) is 0 Å². The van der Waals surface area contributed by atoms with E-state index in [1.165, 1.54) is 19.3 Å². The maximum absolute atomic E-state index is 12.7. The lowest BCUT2D eigenvalue weighted by molar-refractivity contribution is 0.0642. The summed E-state index contributed by atoms with van der Waals surface area (Å²) in [6, 6.07) is 6.33. The first-order chi connectivity index (χ1) is 10.1. The highest BCUT2D eigenvalue weighted by atomic mass is 16.2. The van der Waals surface area contributed by atoms with Crippen LogP contribution in [0.15, 0.2) is 18.2 Å². The SMILES string of the molecule is CCN(C(=O)c1cccc(NC(C)C)n1)C1CCCCC1. The molecule has 1 aromatic rings. The summed E-state index contributed by atoms with van der Waals surface area (Å²) in [7, 11) is 0. The molecule has 1 fully saturated rings. The molecule has 0 spiro atoms. The fourth-order valence-corrected chi connectivity index (χ4v) is 3.04. The number of anilines is 1. The standard InChI is InChI=1S/C17H27N3O/c1-4-20(14-9-6-5-7-10-14)17(21)15-11-8-12-16(19-15)18-13(2)3/h8,11-14H,4-7,9-10H2,1-3H3,(H,18,19). The number of nitrogens with one attached hydrogen (secondary N) is 1. The zero-order valence-electron chi connectivity index (χ0n) is 13.4. The first kappa shape index (κ1) is 15.8. The maximum atomic E-state index is 12.7. The summed E-state index contributed by atoms with van der Waals surface area (Å²) in [5.74, 6) is 0.840. The molecule has 0 saturated heterocycles. The van der Waals surface area contributed by atoms with Gasteiger partial charge in [0.1, 0.15) is 11.5 Å². The minimum absolute atomic E-state index is 0.0665. The van der Waals surface area contributed by atoms with Gasteiger partial charge in [-0.05, 0) is 45.7 Å². The van der Waals surface area contributed by atoms with Crippen LogP contribution in [0.4, 0.5) is 5.82 Å². The molecular weight excluding hydrogens is 262 g/mol. The van der Waals surface area contributed by atoms with Gasteiger partial charge in [-0.2, -0.15) is 0 Å². The molecule has 1 amide bonds. The highest BCUT2D eigenvalue weighted by molar-refractivity contribution is 5.92. The van der Waals surface area contributed by atoms with Gasteiger partial charge in [0.05, 0.1) is 0 Å². The van der Waals surface area contributed by atoms with E-state index in [1.807, 2.05) is 23.1 Å². The molecule has 0 aliphatic heterocycles. The summed E-state index contributed by atoms with van der Waals surface area (Å²) in [6.45, 7) is 6.95. The Bertz CT molecular complexity index is 467. The number of nitrogens with zero attached hydrogens (tertiary/aromatic N) is 2. The third-order valence-corrected chi connectivity index (χ3v) is 4.02. The van der Waals surface area contributed by atoms with Gasteiger partial charge in [-0.1, -0.05) is 25.3 Å². The van der Waals surface area contributed by atoms with Crippen molar-refractivity contribution in [3.8, 4) is 0 Å². The Hall–Kier alpha value is -1.58. The van der Waals surface area contributed by atoms with Crippen LogP contribution in [0.3, 0.4) is 0 Å². The molecule has 0 unspecified atom stereocenters. The van der Waals surface area contributed by atoms with Crippen molar-refractivity contribution in [2.45, 2.75) is 65.0 Å². The molecule has 1 saturated carbocycles. The highest BCUT2D eigenvalue weighted by Gasteiger charge is 2.25. The molecule has 0 radical (unpaired) electrons. The van der Waals surface area contributed by atoms with Crippen molar-refractivity contribution in [1.82, 2.24) is 9.88 Å². The lowest BCUT2D eigenvalue weighted by atomic mass is 9.94. The monoisotopic (exact) mass is 289 g/mol. The number of carbonyl (C=O) groups excluding carboxylic acids is 1. The molecular formula is C17H27N3O. The Labute approximate surface area is 127 Å². The number of amides is 1. The summed E-state index contributed by atoms with van der Waals surface area (Å²) in [6.07, 6.45) is 6.02. The van der Waals surface area contributed by atoms with Crippen LogP contribution in [-0.4, -0.2) is 34.4 Å². The molecule has 2 rings (SSSR count). The lowest BCUT2D eigenvalue weighted by Crippen LogP contribution is -2.41. The smallest absolute Gasteiger partial charge is 0.272 e. The van der Waals surface area contributed by atoms with E-state index in [2.05, 4.69) is 31.1 Å². The first-order valence-corrected chi connectivity index (χ1v) is 8.16. The zero-order chi connectivity index (χ0) is 15.2. The van der Waals surface area contributed by atoms with Crippen molar-refractivity contribution in [1.29, 1.82) is 0 Å². The molecule has 1 aromatic heterocycles. The van der Waals surface area contributed by atoms with Crippen molar-refractivity contribution in [3.05, 3.63) is 23.9 Å². The van der Waals surface area contributed by atoms with Crippen LogP contribution in [0.1, 0.15) is 63.4 Å². The fraction of sp³-hybridized carbons (Fsp3) is 0.647. The number of carbonyl (C=O) groups is 1. The van der Waals surface area contributed by atoms with E-state index in [0.29, 0.717) is 17.8 Å². The van der Waals surface area contributed by atoms with Crippen LogP contribution in [0.25, 0.3) is 0 Å². The van der Waals surface area contributed by atoms with Crippen LogP contribution < -0.4 is 5.32 Å². The Kier molecular flexibility index (Phi) is 5.59. The summed E-state index contributed by atoms with van der Waals surface area (Å²) in [5, 5.41) is 3.25.